The maximum Gasteiger partial charge on any atom is 0.251 e. The van der Waals surface area contributed by atoms with Crippen LogP contribution in [0.4, 0.5) is 8.78 Å². The highest BCUT2D eigenvalue weighted by Gasteiger charge is 2.12. The fourth-order valence-electron chi connectivity index (χ4n) is 2.52. The number of benzene rings is 2. The summed E-state index contributed by atoms with van der Waals surface area (Å²) < 4.78 is 28.5. The topological polar surface area (TPSA) is 22.0 Å². The Kier molecular flexibility index (Phi) is 4.13. The van der Waals surface area contributed by atoms with Crippen LogP contribution in [0.3, 0.4) is 0 Å². The lowest BCUT2D eigenvalue weighted by atomic mass is 10.1. The number of nitrogens with zero attached hydrogens (tertiary/aromatic N) is 1. The third-order valence-corrected chi connectivity index (χ3v) is 4.42. The van der Waals surface area contributed by atoms with Crippen LogP contribution in [0.5, 0.6) is 0 Å². The van der Waals surface area contributed by atoms with Gasteiger partial charge in [-0.15, -0.1) is 0 Å². The van der Waals surface area contributed by atoms with E-state index >= 15 is 0 Å². The first-order chi connectivity index (χ1) is 10.9. The Morgan fingerprint density at radius 3 is 2.39 bits per heavy atom. The highest BCUT2D eigenvalue weighted by molar-refractivity contribution is 6.42. The Morgan fingerprint density at radius 1 is 1.00 bits per heavy atom. The fourth-order valence-corrected chi connectivity index (χ4v) is 2.84. The van der Waals surface area contributed by atoms with Gasteiger partial charge in [0.2, 0.25) is 0 Å². The van der Waals surface area contributed by atoms with Gasteiger partial charge in [0.15, 0.2) is 11.6 Å². The van der Waals surface area contributed by atoms with Crippen molar-refractivity contribution in [1.82, 2.24) is 4.57 Å². The summed E-state index contributed by atoms with van der Waals surface area (Å²) in [5.74, 6) is -1.94. The van der Waals surface area contributed by atoms with Crippen LogP contribution in [-0.2, 0) is 6.54 Å². The second-order valence-corrected chi connectivity index (χ2v) is 6.10. The first-order valence-electron chi connectivity index (χ1n) is 6.80. The van der Waals surface area contributed by atoms with Crippen LogP contribution in [-0.4, -0.2) is 4.57 Å². The van der Waals surface area contributed by atoms with E-state index in [0.29, 0.717) is 26.5 Å². The molecule has 0 aliphatic rings. The summed E-state index contributed by atoms with van der Waals surface area (Å²) in [6, 6.07) is 8.54. The smallest absolute Gasteiger partial charge is 0.251 e. The summed E-state index contributed by atoms with van der Waals surface area (Å²) in [4.78, 5) is 12.3. The van der Waals surface area contributed by atoms with E-state index in [1.165, 1.54) is 10.6 Å². The minimum atomic E-state index is -0.995. The molecule has 23 heavy (non-hydrogen) atoms. The van der Waals surface area contributed by atoms with Crippen molar-refractivity contribution >= 4 is 34.1 Å². The molecule has 0 atom stereocenters. The molecule has 0 aliphatic heterocycles. The molecule has 0 spiro atoms. The van der Waals surface area contributed by atoms with Gasteiger partial charge in [-0.2, -0.15) is 0 Å². The zero-order chi connectivity index (χ0) is 16.7. The summed E-state index contributed by atoms with van der Waals surface area (Å²) in [7, 11) is 0. The average molecular weight is 354 g/mol. The van der Waals surface area contributed by atoms with Gasteiger partial charge in [0.05, 0.1) is 22.1 Å². The van der Waals surface area contributed by atoms with E-state index in [0.717, 1.165) is 17.7 Å². The zero-order valence-corrected chi connectivity index (χ0v) is 13.6. The fraction of sp³-hybridized carbons (Fsp3) is 0.118. The lowest BCUT2D eigenvalue weighted by Crippen LogP contribution is -2.21. The van der Waals surface area contributed by atoms with Gasteiger partial charge in [-0.1, -0.05) is 29.3 Å². The second-order valence-electron chi connectivity index (χ2n) is 5.28. The quantitative estimate of drug-likeness (QED) is 0.639. The van der Waals surface area contributed by atoms with E-state index in [-0.39, 0.29) is 12.1 Å². The Balaban J connectivity index is 2.22. The number of aryl methyl sites for hydroxylation is 1. The molecule has 3 rings (SSSR count). The number of hydrogen-bond donors (Lipinski definition) is 0. The maximum atomic E-state index is 13.6. The number of aromatic nitrogens is 1. The van der Waals surface area contributed by atoms with Crippen molar-refractivity contribution in [2.45, 2.75) is 13.5 Å². The maximum absolute atomic E-state index is 13.6. The molecule has 1 aromatic heterocycles. The van der Waals surface area contributed by atoms with Crippen molar-refractivity contribution in [3.05, 3.63) is 79.6 Å². The van der Waals surface area contributed by atoms with Crippen molar-refractivity contribution in [3.63, 3.8) is 0 Å². The molecule has 6 heteroatoms. The van der Waals surface area contributed by atoms with Gasteiger partial charge in [-0.05, 0) is 36.2 Å². The summed E-state index contributed by atoms with van der Waals surface area (Å²) in [5.41, 5.74) is 1.36. The molecule has 2 nitrogen and oxygen atoms in total. The predicted octanol–water partition coefficient (Wildman–Crippen LogP) is 4.94. The molecule has 0 saturated carbocycles. The van der Waals surface area contributed by atoms with Crippen LogP contribution in [0.1, 0.15) is 11.1 Å². The molecular formula is C17H11Cl2F2NO. The summed E-state index contributed by atoms with van der Waals surface area (Å²) in [5, 5.41) is 1.26. The van der Waals surface area contributed by atoms with E-state index in [1.54, 1.807) is 25.1 Å². The number of pyridine rings is 1. The van der Waals surface area contributed by atoms with E-state index in [1.807, 2.05) is 0 Å². The van der Waals surface area contributed by atoms with Crippen molar-refractivity contribution in [1.29, 1.82) is 0 Å². The third kappa shape index (κ3) is 2.96. The first-order valence-corrected chi connectivity index (χ1v) is 7.55. The number of fused-ring (bicyclic) bond motifs is 1. The Hall–Kier alpha value is -1.91. The standard InChI is InChI=1S/C17H11Cl2F2NO/c1-9-4-17(23)22(8-10-2-3-12(18)13(19)5-10)16-7-15(21)14(20)6-11(9)16/h2-7H,8H2,1H3. The highest BCUT2D eigenvalue weighted by atomic mass is 35.5. The van der Waals surface area contributed by atoms with Gasteiger partial charge in [-0.25, -0.2) is 8.78 Å². The van der Waals surface area contributed by atoms with Gasteiger partial charge in [0.1, 0.15) is 0 Å². The number of rotatable bonds is 2. The summed E-state index contributed by atoms with van der Waals surface area (Å²) in [6.45, 7) is 1.86. The van der Waals surface area contributed by atoms with Gasteiger partial charge < -0.3 is 4.57 Å². The minimum Gasteiger partial charge on any atom is -0.304 e. The van der Waals surface area contributed by atoms with E-state index in [9.17, 15) is 13.6 Å². The Bertz CT molecular complexity index is 982. The van der Waals surface area contributed by atoms with E-state index in [4.69, 9.17) is 23.2 Å². The van der Waals surface area contributed by atoms with Crippen LogP contribution in [0.25, 0.3) is 10.9 Å². The van der Waals surface area contributed by atoms with E-state index < -0.39 is 11.6 Å². The molecule has 0 radical (unpaired) electrons. The average Bonchev–Trinajstić information content (AvgIpc) is 2.49. The molecule has 0 N–H and O–H groups in total. The van der Waals surface area contributed by atoms with Crippen LogP contribution in [0, 0.1) is 18.6 Å². The lowest BCUT2D eigenvalue weighted by molar-refractivity contribution is 0.510. The monoisotopic (exact) mass is 353 g/mol. The Morgan fingerprint density at radius 2 is 1.70 bits per heavy atom. The van der Waals surface area contributed by atoms with Gasteiger partial charge in [0, 0.05) is 17.5 Å². The summed E-state index contributed by atoms with van der Waals surface area (Å²) in [6.07, 6.45) is 0. The van der Waals surface area contributed by atoms with Crippen LogP contribution in [0.2, 0.25) is 10.0 Å². The molecule has 118 valence electrons. The minimum absolute atomic E-state index is 0.178. The summed E-state index contributed by atoms with van der Waals surface area (Å²) >= 11 is 11.9. The molecule has 0 saturated heterocycles. The third-order valence-electron chi connectivity index (χ3n) is 3.68. The van der Waals surface area contributed by atoms with Crippen LogP contribution >= 0.6 is 23.2 Å². The number of hydrogen-bond acceptors (Lipinski definition) is 1. The first kappa shape index (κ1) is 16.0. The molecule has 0 amide bonds. The molecule has 1 heterocycles. The molecule has 0 bridgehead atoms. The van der Waals surface area contributed by atoms with Crippen molar-refractivity contribution in [2.75, 3.05) is 0 Å². The lowest BCUT2D eigenvalue weighted by Gasteiger charge is -2.13. The van der Waals surface area contributed by atoms with Gasteiger partial charge in [-0.3, -0.25) is 4.79 Å². The number of halogens is 4. The molecule has 2 aromatic carbocycles. The molecule has 0 aliphatic carbocycles. The second kappa shape index (κ2) is 5.95. The normalized spacial score (nSPS) is 11.2. The Labute approximate surface area is 140 Å². The molecular weight excluding hydrogens is 343 g/mol. The van der Waals surface area contributed by atoms with Crippen molar-refractivity contribution in [2.24, 2.45) is 0 Å². The van der Waals surface area contributed by atoms with Gasteiger partial charge in [0.25, 0.3) is 5.56 Å². The van der Waals surface area contributed by atoms with Gasteiger partial charge >= 0.3 is 0 Å². The zero-order valence-electron chi connectivity index (χ0n) is 12.0. The van der Waals surface area contributed by atoms with Crippen LogP contribution < -0.4 is 5.56 Å². The molecule has 3 aromatic rings. The van der Waals surface area contributed by atoms with Crippen molar-refractivity contribution < 1.29 is 8.78 Å². The highest BCUT2D eigenvalue weighted by Crippen LogP contribution is 2.24. The predicted molar refractivity (Wildman–Crippen MR) is 88.4 cm³/mol. The van der Waals surface area contributed by atoms with Crippen molar-refractivity contribution in [3.8, 4) is 0 Å². The molecule has 0 fully saturated rings. The van der Waals surface area contributed by atoms with Crippen LogP contribution in [0.15, 0.2) is 41.2 Å². The SMILES string of the molecule is Cc1cc(=O)n(Cc2ccc(Cl)c(Cl)c2)c2cc(F)c(F)cc12. The molecule has 0 unspecified atom stereocenters. The van der Waals surface area contributed by atoms with E-state index in [2.05, 4.69) is 0 Å². The largest absolute Gasteiger partial charge is 0.304 e.